The second-order valence-electron chi connectivity index (χ2n) is 6.42. The number of hydrogen-bond acceptors (Lipinski definition) is 5. The molecule has 1 amide bonds. The summed E-state index contributed by atoms with van der Waals surface area (Å²) in [5, 5.41) is 21.7. The molecule has 2 heterocycles. The van der Waals surface area contributed by atoms with Gasteiger partial charge >= 0.3 is 0 Å². The Bertz CT molecular complexity index is 738. The van der Waals surface area contributed by atoms with E-state index in [2.05, 4.69) is 20.9 Å². The minimum Gasteiger partial charge on any atom is -0.459 e. The average Bonchev–Trinajstić information content (AvgIpc) is 3.31. The van der Waals surface area contributed by atoms with Gasteiger partial charge < -0.3 is 25.5 Å². The topological polar surface area (TPSA) is 98.9 Å². The Morgan fingerprint density at radius 1 is 1.30 bits per heavy atom. The number of carbonyl (C=O) groups excluding carboxylic acids is 1. The van der Waals surface area contributed by atoms with E-state index in [0.717, 1.165) is 23.4 Å². The molecule has 2 aromatic rings. The molecule has 8 heteroatoms. The Balaban J connectivity index is 1.75. The van der Waals surface area contributed by atoms with Crippen molar-refractivity contribution in [3.8, 4) is 0 Å². The van der Waals surface area contributed by atoms with Gasteiger partial charge in [0.1, 0.15) is 5.60 Å². The summed E-state index contributed by atoms with van der Waals surface area (Å²) < 4.78 is 5.17. The van der Waals surface area contributed by atoms with E-state index in [-0.39, 0.29) is 12.5 Å². The number of aliphatic imine (C=N–C) groups is 1. The smallest absolute Gasteiger partial charge is 0.287 e. The Morgan fingerprint density at radius 2 is 2.07 bits per heavy atom. The molecule has 27 heavy (non-hydrogen) atoms. The van der Waals surface area contributed by atoms with E-state index >= 15 is 0 Å². The molecule has 0 radical (unpaired) electrons. The second kappa shape index (κ2) is 10.1. The van der Waals surface area contributed by atoms with E-state index in [0.29, 0.717) is 24.8 Å². The van der Waals surface area contributed by atoms with Gasteiger partial charge in [0.2, 0.25) is 0 Å². The van der Waals surface area contributed by atoms with E-state index in [1.807, 2.05) is 31.4 Å². The van der Waals surface area contributed by atoms with Crippen LogP contribution in [-0.4, -0.2) is 43.2 Å². The predicted octanol–water partition coefficient (Wildman–Crippen LogP) is 2.23. The predicted molar refractivity (Wildman–Crippen MR) is 108 cm³/mol. The summed E-state index contributed by atoms with van der Waals surface area (Å²) in [6.45, 7) is 7.74. The Kier molecular flexibility index (Phi) is 7.87. The fraction of sp³-hybridized carbons (Fsp3) is 0.474. The highest BCUT2D eigenvalue weighted by atomic mass is 32.1. The molecule has 4 N–H and O–H groups in total. The molecule has 0 saturated carbocycles. The molecule has 148 valence electrons. The van der Waals surface area contributed by atoms with Crippen LogP contribution < -0.4 is 16.0 Å². The molecule has 2 aromatic heterocycles. The van der Waals surface area contributed by atoms with Crippen LogP contribution in [0, 0.1) is 6.92 Å². The van der Waals surface area contributed by atoms with Crippen LogP contribution in [0.25, 0.3) is 0 Å². The van der Waals surface area contributed by atoms with Crippen molar-refractivity contribution in [3.05, 3.63) is 46.0 Å². The van der Waals surface area contributed by atoms with E-state index in [4.69, 9.17) is 4.42 Å². The number of thiophene rings is 1. The number of aryl methyl sites for hydroxylation is 1. The van der Waals surface area contributed by atoms with E-state index in [9.17, 15) is 9.90 Å². The van der Waals surface area contributed by atoms with Gasteiger partial charge in [0, 0.05) is 30.1 Å². The highest BCUT2D eigenvalue weighted by Crippen LogP contribution is 2.25. The molecule has 0 aliphatic heterocycles. The molecule has 0 saturated heterocycles. The van der Waals surface area contributed by atoms with Crippen molar-refractivity contribution in [2.45, 2.75) is 32.8 Å². The lowest BCUT2D eigenvalue weighted by Gasteiger charge is -2.20. The molecule has 7 nitrogen and oxygen atoms in total. The zero-order valence-electron chi connectivity index (χ0n) is 16.0. The van der Waals surface area contributed by atoms with E-state index in [1.165, 1.54) is 17.6 Å². The Morgan fingerprint density at radius 3 is 2.70 bits per heavy atom. The molecule has 1 unspecified atom stereocenters. The van der Waals surface area contributed by atoms with Gasteiger partial charge in [-0.3, -0.25) is 4.79 Å². The van der Waals surface area contributed by atoms with Gasteiger partial charge in [-0.15, -0.1) is 11.3 Å². The monoisotopic (exact) mass is 392 g/mol. The number of furan rings is 1. The highest BCUT2D eigenvalue weighted by molar-refractivity contribution is 7.10. The lowest BCUT2D eigenvalue weighted by molar-refractivity contribution is 0.0711. The fourth-order valence-electron chi connectivity index (χ4n) is 2.42. The van der Waals surface area contributed by atoms with Crippen LogP contribution in [0.3, 0.4) is 0 Å². The summed E-state index contributed by atoms with van der Waals surface area (Å²) >= 11 is 1.51. The molecule has 0 aromatic carbocycles. The van der Waals surface area contributed by atoms with Crippen LogP contribution in [0.5, 0.6) is 0 Å². The number of carbonyl (C=O) groups is 1. The van der Waals surface area contributed by atoms with Gasteiger partial charge in [0.15, 0.2) is 11.7 Å². The molecule has 0 aliphatic rings. The van der Waals surface area contributed by atoms with Gasteiger partial charge in [-0.25, -0.2) is 4.99 Å². The van der Waals surface area contributed by atoms with Crippen molar-refractivity contribution in [1.29, 1.82) is 0 Å². The molecule has 2 rings (SSSR count). The van der Waals surface area contributed by atoms with Crippen molar-refractivity contribution in [1.82, 2.24) is 16.0 Å². The number of rotatable bonds is 9. The molecule has 0 aliphatic carbocycles. The van der Waals surface area contributed by atoms with E-state index in [1.54, 1.807) is 13.0 Å². The summed E-state index contributed by atoms with van der Waals surface area (Å²) in [4.78, 5) is 17.3. The molecule has 0 bridgehead atoms. The van der Waals surface area contributed by atoms with Crippen molar-refractivity contribution < 1.29 is 14.3 Å². The van der Waals surface area contributed by atoms with Crippen LogP contribution in [0.15, 0.2) is 39.3 Å². The first-order valence-electron chi connectivity index (χ1n) is 9.05. The number of nitrogens with one attached hydrogen (secondary N) is 3. The van der Waals surface area contributed by atoms with Gasteiger partial charge in [0.25, 0.3) is 5.91 Å². The van der Waals surface area contributed by atoms with Crippen LogP contribution >= 0.6 is 11.3 Å². The third kappa shape index (κ3) is 6.41. The standard InChI is InChI=1S/C19H28N4O3S/c1-4-20-18(23-13-19(3,25)15-7-5-12-27-15)22-10-6-9-21-17(24)16-14(2)8-11-26-16/h5,7-8,11-12,25H,4,6,9-10,13H2,1-3H3,(H,21,24)(H2,20,22,23). The quantitative estimate of drug-likeness (QED) is 0.298. The molecule has 0 spiro atoms. The Hall–Kier alpha value is -2.32. The summed E-state index contributed by atoms with van der Waals surface area (Å²) in [6.07, 6.45) is 2.24. The molecular weight excluding hydrogens is 364 g/mol. The number of amides is 1. The second-order valence-corrected chi connectivity index (χ2v) is 7.36. The van der Waals surface area contributed by atoms with Crippen molar-refractivity contribution in [3.63, 3.8) is 0 Å². The number of guanidine groups is 1. The summed E-state index contributed by atoms with van der Waals surface area (Å²) in [5.74, 6) is 0.793. The van der Waals surface area contributed by atoms with Crippen LogP contribution in [-0.2, 0) is 5.60 Å². The maximum absolute atomic E-state index is 12.0. The maximum atomic E-state index is 12.0. The van der Waals surface area contributed by atoms with Crippen molar-refractivity contribution in [2.24, 2.45) is 4.99 Å². The first kappa shape index (κ1) is 21.0. The van der Waals surface area contributed by atoms with Crippen LogP contribution in [0.1, 0.15) is 41.3 Å². The van der Waals surface area contributed by atoms with Crippen LogP contribution in [0.2, 0.25) is 0 Å². The molecule has 0 fully saturated rings. The van der Waals surface area contributed by atoms with Gasteiger partial charge in [0.05, 0.1) is 12.8 Å². The summed E-state index contributed by atoms with van der Waals surface area (Å²) in [7, 11) is 0. The van der Waals surface area contributed by atoms with E-state index < -0.39 is 5.60 Å². The zero-order chi connectivity index (χ0) is 19.7. The van der Waals surface area contributed by atoms with Crippen molar-refractivity contribution >= 4 is 23.2 Å². The minimum absolute atomic E-state index is 0.204. The number of hydrogen-bond donors (Lipinski definition) is 4. The van der Waals surface area contributed by atoms with Crippen LogP contribution in [0.4, 0.5) is 0 Å². The first-order chi connectivity index (χ1) is 12.9. The normalized spacial score (nSPS) is 13.9. The van der Waals surface area contributed by atoms with Gasteiger partial charge in [-0.05, 0) is 44.7 Å². The van der Waals surface area contributed by atoms with Gasteiger partial charge in [-0.1, -0.05) is 6.07 Å². The summed E-state index contributed by atoms with van der Waals surface area (Å²) in [5.41, 5.74) is -0.171. The summed E-state index contributed by atoms with van der Waals surface area (Å²) in [6, 6.07) is 5.59. The highest BCUT2D eigenvalue weighted by Gasteiger charge is 2.23. The van der Waals surface area contributed by atoms with Crippen molar-refractivity contribution in [2.75, 3.05) is 26.2 Å². The lowest BCUT2D eigenvalue weighted by atomic mass is 10.1. The Labute approximate surface area is 163 Å². The first-order valence-corrected chi connectivity index (χ1v) is 9.93. The third-order valence-electron chi connectivity index (χ3n) is 3.94. The minimum atomic E-state index is -0.995. The fourth-order valence-corrected chi connectivity index (χ4v) is 3.20. The molecular formula is C19H28N4O3S. The SMILES string of the molecule is CCNC(=NCC(C)(O)c1cccs1)NCCCNC(=O)c1occc1C. The number of nitrogens with zero attached hydrogens (tertiary/aromatic N) is 1. The van der Waals surface area contributed by atoms with Gasteiger partial charge in [-0.2, -0.15) is 0 Å². The maximum Gasteiger partial charge on any atom is 0.287 e. The largest absolute Gasteiger partial charge is 0.459 e. The third-order valence-corrected chi connectivity index (χ3v) is 5.06. The zero-order valence-corrected chi connectivity index (χ0v) is 16.9. The number of aliphatic hydroxyl groups is 1. The molecule has 1 atom stereocenters. The lowest BCUT2D eigenvalue weighted by Crippen LogP contribution is -2.40. The average molecular weight is 393 g/mol.